The van der Waals surface area contributed by atoms with E-state index in [1.807, 2.05) is 0 Å². The van der Waals surface area contributed by atoms with Crippen LogP contribution in [0, 0.1) is 5.92 Å². The highest BCUT2D eigenvalue weighted by Crippen LogP contribution is 2.17. The van der Waals surface area contributed by atoms with Gasteiger partial charge >= 0.3 is 0 Å². The lowest BCUT2D eigenvalue weighted by atomic mass is 10.0. The Labute approximate surface area is 102 Å². The van der Waals surface area contributed by atoms with Crippen molar-refractivity contribution in [3.8, 4) is 0 Å². The van der Waals surface area contributed by atoms with E-state index in [4.69, 9.17) is 0 Å². The lowest BCUT2D eigenvalue weighted by Gasteiger charge is -2.38. The molecule has 0 aromatic rings. The molecule has 0 unspecified atom stereocenters. The summed E-state index contributed by atoms with van der Waals surface area (Å²) in [5.41, 5.74) is 0. The van der Waals surface area contributed by atoms with Gasteiger partial charge in [-0.3, -0.25) is 0 Å². The Bertz CT molecular complexity index is 181. The highest BCUT2D eigenvalue weighted by molar-refractivity contribution is 4.79. The van der Waals surface area contributed by atoms with Crippen molar-refractivity contribution in [1.29, 1.82) is 0 Å². The Morgan fingerprint density at radius 1 is 1.12 bits per heavy atom. The van der Waals surface area contributed by atoms with Crippen LogP contribution in [0.15, 0.2) is 0 Å². The molecule has 96 valence electrons. The van der Waals surface area contributed by atoms with Gasteiger partial charge in [-0.1, -0.05) is 13.8 Å². The van der Waals surface area contributed by atoms with E-state index < -0.39 is 0 Å². The summed E-state index contributed by atoms with van der Waals surface area (Å²) in [4.78, 5) is 5.18. The summed E-state index contributed by atoms with van der Waals surface area (Å²) in [6.07, 6.45) is 4.06. The molecular weight excluding hydrogens is 196 g/mol. The van der Waals surface area contributed by atoms with Gasteiger partial charge in [0.15, 0.2) is 0 Å². The molecule has 0 spiro atoms. The molecule has 0 aliphatic carbocycles. The number of nitrogens with zero attached hydrogens (tertiary/aromatic N) is 2. The molecule has 0 amide bonds. The predicted molar refractivity (Wildman–Crippen MR) is 71.8 cm³/mol. The van der Waals surface area contributed by atoms with Gasteiger partial charge < -0.3 is 9.80 Å². The molecule has 1 rings (SSSR count). The van der Waals surface area contributed by atoms with Crippen LogP contribution in [0.25, 0.3) is 0 Å². The van der Waals surface area contributed by atoms with E-state index in [1.165, 1.54) is 38.9 Å². The maximum atomic E-state index is 2.64. The maximum absolute atomic E-state index is 2.64. The van der Waals surface area contributed by atoms with Crippen molar-refractivity contribution >= 4 is 0 Å². The van der Waals surface area contributed by atoms with Crippen molar-refractivity contribution in [3.05, 3.63) is 0 Å². The molecule has 1 aliphatic rings. The van der Waals surface area contributed by atoms with Crippen molar-refractivity contribution in [3.63, 3.8) is 0 Å². The summed E-state index contributed by atoms with van der Waals surface area (Å²) in [5.74, 6) is 0.844. The first-order valence-electron chi connectivity index (χ1n) is 6.95. The van der Waals surface area contributed by atoms with Gasteiger partial charge in [0.25, 0.3) is 0 Å². The molecule has 1 aliphatic heterocycles. The third-order valence-corrected chi connectivity index (χ3v) is 3.97. The number of hydrogen-bond donors (Lipinski definition) is 0. The van der Waals surface area contributed by atoms with E-state index in [0.717, 1.165) is 12.0 Å². The SMILES string of the molecule is CC(C)CCN1CCC(N(C)C(C)C)CC1. The van der Waals surface area contributed by atoms with E-state index in [1.54, 1.807) is 0 Å². The number of rotatable bonds is 5. The third-order valence-electron chi connectivity index (χ3n) is 3.97. The van der Waals surface area contributed by atoms with E-state index in [-0.39, 0.29) is 0 Å². The standard InChI is InChI=1S/C14H30N2/c1-12(2)6-9-16-10-7-14(8-11-16)15(5)13(3)4/h12-14H,6-11H2,1-5H3. The smallest absolute Gasteiger partial charge is 0.0119 e. The monoisotopic (exact) mass is 226 g/mol. The zero-order chi connectivity index (χ0) is 12.1. The topological polar surface area (TPSA) is 6.48 Å². The van der Waals surface area contributed by atoms with Crippen LogP contribution in [-0.4, -0.2) is 48.6 Å². The van der Waals surface area contributed by atoms with Gasteiger partial charge in [-0.2, -0.15) is 0 Å². The van der Waals surface area contributed by atoms with Crippen LogP contribution in [0.5, 0.6) is 0 Å². The van der Waals surface area contributed by atoms with Crippen molar-refractivity contribution in [2.75, 3.05) is 26.7 Å². The van der Waals surface area contributed by atoms with Gasteiger partial charge in [0, 0.05) is 12.1 Å². The van der Waals surface area contributed by atoms with Crippen LogP contribution in [-0.2, 0) is 0 Å². The van der Waals surface area contributed by atoms with Crippen molar-refractivity contribution in [1.82, 2.24) is 9.80 Å². The zero-order valence-electron chi connectivity index (χ0n) is 11.9. The molecule has 0 bridgehead atoms. The van der Waals surface area contributed by atoms with E-state index >= 15 is 0 Å². The molecule has 0 atom stereocenters. The molecule has 16 heavy (non-hydrogen) atoms. The van der Waals surface area contributed by atoms with E-state index in [9.17, 15) is 0 Å². The highest BCUT2D eigenvalue weighted by atomic mass is 15.2. The largest absolute Gasteiger partial charge is 0.303 e. The lowest BCUT2D eigenvalue weighted by Crippen LogP contribution is -2.45. The third kappa shape index (κ3) is 4.42. The fourth-order valence-corrected chi connectivity index (χ4v) is 2.41. The second-order valence-electron chi connectivity index (χ2n) is 6.01. The minimum atomic E-state index is 0.687. The van der Waals surface area contributed by atoms with Gasteiger partial charge in [0.05, 0.1) is 0 Å². The van der Waals surface area contributed by atoms with E-state index in [0.29, 0.717) is 6.04 Å². The molecule has 0 aromatic carbocycles. The van der Waals surface area contributed by atoms with Crippen LogP contribution >= 0.6 is 0 Å². The van der Waals surface area contributed by atoms with E-state index in [2.05, 4.69) is 44.5 Å². The molecule has 0 aromatic heterocycles. The van der Waals surface area contributed by atoms with Gasteiger partial charge in [-0.25, -0.2) is 0 Å². The normalized spacial score (nSPS) is 20.2. The van der Waals surface area contributed by atoms with Gasteiger partial charge in [0.2, 0.25) is 0 Å². The van der Waals surface area contributed by atoms with Gasteiger partial charge in [0.1, 0.15) is 0 Å². The second-order valence-corrected chi connectivity index (χ2v) is 6.01. The van der Waals surface area contributed by atoms with Crippen molar-refractivity contribution in [2.24, 2.45) is 5.92 Å². The summed E-state index contributed by atoms with van der Waals surface area (Å²) >= 11 is 0. The van der Waals surface area contributed by atoms with Crippen LogP contribution in [0.4, 0.5) is 0 Å². The van der Waals surface area contributed by atoms with Gasteiger partial charge in [-0.05, 0) is 65.7 Å². The summed E-state index contributed by atoms with van der Waals surface area (Å²) in [5, 5.41) is 0. The van der Waals surface area contributed by atoms with Crippen molar-refractivity contribution in [2.45, 2.75) is 59.0 Å². The highest BCUT2D eigenvalue weighted by Gasteiger charge is 2.23. The Hall–Kier alpha value is -0.0800. The number of likely N-dealkylation sites (tertiary alicyclic amines) is 1. The average Bonchev–Trinajstić information content (AvgIpc) is 2.26. The Kier molecular flexibility index (Phi) is 5.77. The predicted octanol–water partition coefficient (Wildman–Crippen LogP) is 2.84. The fourth-order valence-electron chi connectivity index (χ4n) is 2.41. The van der Waals surface area contributed by atoms with Crippen LogP contribution in [0.1, 0.15) is 47.0 Å². The molecule has 1 saturated heterocycles. The lowest BCUT2D eigenvalue weighted by molar-refractivity contribution is 0.105. The quantitative estimate of drug-likeness (QED) is 0.711. The minimum Gasteiger partial charge on any atom is -0.303 e. The molecule has 0 N–H and O–H groups in total. The first-order chi connectivity index (χ1) is 7.50. The first-order valence-corrected chi connectivity index (χ1v) is 6.95. The summed E-state index contributed by atoms with van der Waals surface area (Å²) < 4.78 is 0. The minimum absolute atomic E-state index is 0.687. The Balaban J connectivity index is 2.23. The summed E-state index contributed by atoms with van der Waals surface area (Å²) in [6, 6.07) is 1.50. The second kappa shape index (κ2) is 6.61. The zero-order valence-corrected chi connectivity index (χ0v) is 11.9. The summed E-state index contributed by atoms with van der Waals surface area (Å²) in [7, 11) is 2.28. The Morgan fingerprint density at radius 2 is 1.69 bits per heavy atom. The molecule has 0 saturated carbocycles. The maximum Gasteiger partial charge on any atom is 0.0119 e. The number of hydrogen-bond acceptors (Lipinski definition) is 2. The van der Waals surface area contributed by atoms with Crippen LogP contribution < -0.4 is 0 Å². The van der Waals surface area contributed by atoms with Crippen LogP contribution in [0.2, 0.25) is 0 Å². The van der Waals surface area contributed by atoms with Crippen LogP contribution in [0.3, 0.4) is 0 Å². The van der Waals surface area contributed by atoms with Crippen molar-refractivity contribution < 1.29 is 0 Å². The molecular formula is C14H30N2. The summed E-state index contributed by atoms with van der Waals surface area (Å²) in [6.45, 7) is 13.1. The molecule has 2 nitrogen and oxygen atoms in total. The molecule has 1 fully saturated rings. The first kappa shape index (κ1) is 14.0. The average molecular weight is 226 g/mol. The molecule has 1 heterocycles. The fraction of sp³-hybridized carbons (Fsp3) is 1.00. The number of piperidine rings is 1. The molecule has 0 radical (unpaired) electrons. The Morgan fingerprint density at radius 3 is 2.12 bits per heavy atom. The molecule has 2 heteroatoms. The van der Waals surface area contributed by atoms with Gasteiger partial charge in [-0.15, -0.1) is 0 Å².